The summed E-state index contributed by atoms with van der Waals surface area (Å²) in [7, 11) is -0.875. The van der Waals surface area contributed by atoms with Gasteiger partial charge in [-0.3, -0.25) is 5.32 Å². The Morgan fingerprint density at radius 1 is 1.04 bits per heavy atom. The van der Waals surface area contributed by atoms with Crippen LogP contribution in [0.2, 0.25) is 5.02 Å². The summed E-state index contributed by atoms with van der Waals surface area (Å²) < 4.78 is 49.6. The molecule has 5 rings (SSSR count). The van der Waals surface area contributed by atoms with Crippen LogP contribution in [0.15, 0.2) is 82.6 Å². The summed E-state index contributed by atoms with van der Waals surface area (Å²) in [6.45, 7) is 1.95. The van der Waals surface area contributed by atoms with Gasteiger partial charge in [-0.15, -0.1) is 11.4 Å². The third kappa shape index (κ3) is 10.3. The maximum Gasteiger partial charge on any atom is 0.239 e. The summed E-state index contributed by atoms with van der Waals surface area (Å²) in [6.07, 6.45) is 8.59. The number of benzene rings is 3. The highest BCUT2D eigenvalue weighted by Gasteiger charge is 2.18. The summed E-state index contributed by atoms with van der Waals surface area (Å²) in [5, 5.41) is 22.9. The van der Waals surface area contributed by atoms with Gasteiger partial charge in [0.1, 0.15) is 23.9 Å². The van der Waals surface area contributed by atoms with Crippen LogP contribution in [0.5, 0.6) is 11.5 Å². The molecule has 50 heavy (non-hydrogen) atoms. The van der Waals surface area contributed by atoms with Crippen molar-refractivity contribution in [1.82, 2.24) is 4.98 Å². The predicted octanol–water partition coefficient (Wildman–Crippen LogP) is 3.38. The Morgan fingerprint density at radius 2 is 1.76 bits per heavy atom. The van der Waals surface area contributed by atoms with E-state index in [1.807, 2.05) is 36.4 Å². The Hall–Kier alpha value is -5.37. The van der Waals surface area contributed by atoms with Gasteiger partial charge in [0, 0.05) is 43.2 Å². The number of primary sulfonamides is 1. The Balaban J connectivity index is 0.000000237. The lowest BCUT2D eigenvalue weighted by Crippen LogP contribution is -2.25. The first-order valence-corrected chi connectivity index (χ1v) is 16.7. The number of nitrogens with two attached hydrogens (primary N) is 1. The third-order valence-electron chi connectivity index (χ3n) is 6.76. The average molecular weight is 724 g/mol. The van der Waals surface area contributed by atoms with Crippen molar-refractivity contribution in [3.8, 4) is 23.8 Å². The summed E-state index contributed by atoms with van der Waals surface area (Å²) in [6, 6.07) is 16.8. The average Bonchev–Trinajstić information content (AvgIpc) is 3.61. The zero-order valence-electron chi connectivity index (χ0n) is 27.0. The standard InChI is InChI=1S/C22H23N3O4.C12H11ClN2O5S/c1-4-16-6-5-7-17(12-16)25-22-18-13-20(28-10-8-26-2)21(29-11-9-27-3)14-19(18)23-15-24-22;13-9-5-10(15-6-7-2-1-3-20-7)8(12(16)17)4-11(9)21(14,18)19/h1,5-7,12-15H,8-11H2,2-3H3,(H,23,24,25);1-5,15H,6H2,(H,16,17)(H2,14,18,19). The SMILES string of the molecule is C#Cc1cccc(Nc2[nH+]cnc3cc(OCCOC)c(OCCOC)cc23)c1.NS(=O)(=O)c1cc(C(=O)[O-])c(NCc2ccco2)cc1Cl. The van der Waals surface area contributed by atoms with Crippen LogP contribution in [-0.4, -0.2) is 60.0 Å². The number of carbonyl (C=O) groups is 1. The van der Waals surface area contributed by atoms with Gasteiger partial charge < -0.3 is 38.6 Å². The molecule has 0 saturated carbocycles. The first kappa shape index (κ1) is 37.4. The number of hydrogen-bond donors (Lipinski definition) is 3. The number of aromatic carboxylic acids is 1. The third-order valence-corrected chi connectivity index (χ3v) is 8.14. The minimum Gasteiger partial charge on any atom is -0.545 e. The summed E-state index contributed by atoms with van der Waals surface area (Å²) in [5.74, 6) is 3.62. The molecule has 0 atom stereocenters. The number of halogens is 1. The van der Waals surface area contributed by atoms with E-state index in [9.17, 15) is 18.3 Å². The van der Waals surface area contributed by atoms with E-state index in [0.29, 0.717) is 43.7 Å². The zero-order chi connectivity index (χ0) is 36.1. The molecular weight excluding hydrogens is 690 g/mol. The molecule has 0 saturated heterocycles. The van der Waals surface area contributed by atoms with Crippen LogP contribution < -0.4 is 35.3 Å². The quantitative estimate of drug-likeness (QED) is 0.105. The van der Waals surface area contributed by atoms with Crippen LogP contribution in [0.1, 0.15) is 21.7 Å². The van der Waals surface area contributed by atoms with Crippen molar-refractivity contribution in [3.63, 3.8) is 0 Å². The molecule has 0 aliphatic rings. The monoisotopic (exact) mass is 723 g/mol. The fraction of sp³-hybridized carbons (Fsp3) is 0.206. The molecular formula is C34H34ClN5O9S. The van der Waals surface area contributed by atoms with Crippen LogP contribution in [0, 0.1) is 12.3 Å². The second kappa shape index (κ2) is 17.9. The molecule has 0 bridgehead atoms. The summed E-state index contributed by atoms with van der Waals surface area (Å²) in [5.41, 5.74) is 2.15. The second-order valence-corrected chi connectivity index (χ2v) is 12.2. The number of furan rings is 1. The number of ether oxygens (including phenoxy) is 4. The number of carboxylic acids is 1. The van der Waals surface area contributed by atoms with Crippen molar-refractivity contribution >= 4 is 55.7 Å². The molecule has 0 aliphatic heterocycles. The number of aromatic nitrogens is 2. The number of aromatic amines is 1. The van der Waals surface area contributed by atoms with E-state index in [1.165, 1.54) is 6.26 Å². The molecule has 0 radical (unpaired) electrons. The van der Waals surface area contributed by atoms with Gasteiger partial charge in [0.25, 0.3) is 0 Å². The minimum atomic E-state index is -4.13. The van der Waals surface area contributed by atoms with E-state index in [0.717, 1.165) is 40.1 Å². The number of H-pyrrole nitrogens is 1. The number of terminal acetylenes is 1. The van der Waals surface area contributed by atoms with Crippen molar-refractivity contribution in [2.75, 3.05) is 51.3 Å². The zero-order valence-corrected chi connectivity index (χ0v) is 28.6. The number of rotatable bonds is 15. The van der Waals surface area contributed by atoms with Crippen molar-refractivity contribution in [2.45, 2.75) is 11.4 Å². The normalized spacial score (nSPS) is 10.9. The lowest BCUT2D eigenvalue weighted by Gasteiger charge is -2.14. The van der Waals surface area contributed by atoms with Crippen LogP contribution in [-0.2, 0) is 26.0 Å². The molecule has 2 heterocycles. The Bertz CT molecular complexity index is 2070. The van der Waals surface area contributed by atoms with Gasteiger partial charge in [0.2, 0.25) is 22.2 Å². The lowest BCUT2D eigenvalue weighted by atomic mass is 10.1. The molecule has 0 amide bonds. The molecule has 0 unspecified atom stereocenters. The number of carboxylic acid groups (broad SMARTS) is 1. The number of carbonyl (C=O) groups excluding carboxylic acids is 1. The number of hydrogen-bond acceptors (Lipinski definition) is 12. The summed E-state index contributed by atoms with van der Waals surface area (Å²) >= 11 is 5.82. The topological polar surface area (TPSA) is 201 Å². The Morgan fingerprint density at radius 3 is 2.38 bits per heavy atom. The number of anilines is 3. The highest BCUT2D eigenvalue weighted by molar-refractivity contribution is 7.89. The van der Waals surface area contributed by atoms with Crippen molar-refractivity contribution in [3.05, 3.63) is 95.2 Å². The van der Waals surface area contributed by atoms with E-state index in [4.69, 9.17) is 46.5 Å². The molecule has 16 heteroatoms. The number of nitrogens with zero attached hydrogens (tertiary/aromatic N) is 1. The van der Waals surface area contributed by atoms with Gasteiger partial charge in [-0.2, -0.15) is 0 Å². The predicted molar refractivity (Wildman–Crippen MR) is 184 cm³/mol. The largest absolute Gasteiger partial charge is 0.545 e. The molecule has 5 N–H and O–H groups in total. The van der Waals surface area contributed by atoms with Crippen molar-refractivity contribution < 1.29 is 46.7 Å². The molecule has 0 fully saturated rings. The van der Waals surface area contributed by atoms with Crippen LogP contribution in [0.25, 0.3) is 10.9 Å². The lowest BCUT2D eigenvalue weighted by molar-refractivity contribution is -0.363. The van der Waals surface area contributed by atoms with Crippen LogP contribution in [0.3, 0.4) is 0 Å². The maximum atomic E-state index is 11.3. The second-order valence-electron chi connectivity index (χ2n) is 10.2. The smallest absolute Gasteiger partial charge is 0.239 e. The van der Waals surface area contributed by atoms with Gasteiger partial charge >= 0.3 is 0 Å². The first-order valence-electron chi connectivity index (χ1n) is 14.8. The molecule has 14 nitrogen and oxygen atoms in total. The number of sulfonamides is 1. The molecule has 5 aromatic rings. The number of fused-ring (bicyclic) bond motifs is 1. The molecule has 2 aromatic heterocycles. The van der Waals surface area contributed by atoms with Crippen molar-refractivity contribution in [1.29, 1.82) is 0 Å². The number of nitrogens with one attached hydrogen (secondary N) is 3. The summed E-state index contributed by atoms with van der Waals surface area (Å²) in [4.78, 5) is 18.2. The fourth-order valence-corrected chi connectivity index (χ4v) is 5.51. The van der Waals surface area contributed by atoms with Gasteiger partial charge in [0.15, 0.2) is 17.0 Å². The van der Waals surface area contributed by atoms with Gasteiger partial charge in [-0.25, -0.2) is 18.5 Å². The van der Waals surface area contributed by atoms with Gasteiger partial charge in [-0.05, 0) is 42.5 Å². The molecule has 0 spiro atoms. The minimum absolute atomic E-state index is 0.101. The molecule has 262 valence electrons. The van der Waals surface area contributed by atoms with Gasteiger partial charge in [-0.1, -0.05) is 23.6 Å². The Labute approximate surface area is 293 Å². The highest BCUT2D eigenvalue weighted by atomic mass is 35.5. The van der Waals surface area contributed by atoms with Gasteiger partial charge in [0.05, 0.1) is 48.1 Å². The maximum absolute atomic E-state index is 11.3. The fourth-order valence-electron chi connectivity index (χ4n) is 4.41. The molecule has 3 aromatic carbocycles. The number of methoxy groups -OCH3 is 2. The highest BCUT2D eigenvalue weighted by Crippen LogP contribution is 2.34. The van der Waals surface area contributed by atoms with Crippen LogP contribution in [0.4, 0.5) is 17.2 Å². The van der Waals surface area contributed by atoms with E-state index < -0.39 is 20.9 Å². The van der Waals surface area contributed by atoms with Crippen molar-refractivity contribution in [2.24, 2.45) is 5.14 Å². The van der Waals surface area contributed by atoms with E-state index >= 15 is 0 Å². The van der Waals surface area contributed by atoms with E-state index in [1.54, 1.807) is 32.7 Å². The van der Waals surface area contributed by atoms with Crippen LogP contribution >= 0.6 is 11.6 Å². The first-order chi connectivity index (χ1) is 24.0. The van der Waals surface area contributed by atoms with E-state index in [2.05, 4.69) is 26.5 Å². The Kier molecular flexibility index (Phi) is 13.4. The molecule has 0 aliphatic carbocycles. The van der Waals surface area contributed by atoms with E-state index in [-0.39, 0.29) is 22.8 Å².